The van der Waals surface area contributed by atoms with Crippen molar-refractivity contribution in [2.45, 2.75) is 44.7 Å². The summed E-state index contributed by atoms with van der Waals surface area (Å²) >= 11 is 0. The van der Waals surface area contributed by atoms with E-state index in [0.717, 1.165) is 49.3 Å². The first-order valence-corrected chi connectivity index (χ1v) is 9.50. The SMILES string of the molecule is CCc1cc(NC2CCC3NNCC3C2)nc(-c2ccc([N+](=O)[O-])cc2)n1. The molecular formula is C19H24N6O2. The molecule has 1 saturated heterocycles. The Hall–Kier alpha value is -2.58. The number of hydrogen-bond acceptors (Lipinski definition) is 7. The lowest BCUT2D eigenvalue weighted by Gasteiger charge is -2.31. The Balaban J connectivity index is 1.54. The predicted octanol–water partition coefficient (Wildman–Crippen LogP) is 2.67. The van der Waals surface area contributed by atoms with Gasteiger partial charge in [-0.3, -0.25) is 21.0 Å². The van der Waals surface area contributed by atoms with Gasteiger partial charge in [-0.1, -0.05) is 6.92 Å². The molecule has 3 N–H and O–H groups in total. The third kappa shape index (κ3) is 3.91. The lowest BCUT2D eigenvalue weighted by atomic mass is 9.83. The normalized spacial score (nSPS) is 24.4. The maximum Gasteiger partial charge on any atom is 0.269 e. The Bertz CT molecular complexity index is 825. The Morgan fingerprint density at radius 2 is 2.07 bits per heavy atom. The highest BCUT2D eigenvalue weighted by molar-refractivity contribution is 5.59. The summed E-state index contributed by atoms with van der Waals surface area (Å²) < 4.78 is 0. The van der Waals surface area contributed by atoms with Crippen LogP contribution in [0.2, 0.25) is 0 Å². The molecule has 0 bridgehead atoms. The van der Waals surface area contributed by atoms with Crippen LogP contribution in [-0.2, 0) is 6.42 Å². The van der Waals surface area contributed by atoms with E-state index in [2.05, 4.69) is 33.1 Å². The van der Waals surface area contributed by atoms with Crippen LogP contribution in [0.4, 0.5) is 11.5 Å². The first kappa shape index (κ1) is 17.8. The highest BCUT2D eigenvalue weighted by Gasteiger charge is 2.33. The van der Waals surface area contributed by atoms with Crippen LogP contribution in [0.5, 0.6) is 0 Å². The van der Waals surface area contributed by atoms with Crippen LogP contribution in [0.1, 0.15) is 31.9 Å². The molecule has 1 aromatic heterocycles. The molecule has 3 atom stereocenters. The van der Waals surface area contributed by atoms with Crippen molar-refractivity contribution in [1.29, 1.82) is 0 Å². The van der Waals surface area contributed by atoms with E-state index in [1.54, 1.807) is 12.1 Å². The maximum atomic E-state index is 10.9. The van der Waals surface area contributed by atoms with Gasteiger partial charge in [0.05, 0.1) is 4.92 Å². The molecule has 3 unspecified atom stereocenters. The van der Waals surface area contributed by atoms with Gasteiger partial charge >= 0.3 is 0 Å². The second kappa shape index (κ2) is 7.58. The molecule has 1 aliphatic carbocycles. The topological polar surface area (TPSA) is 105 Å². The molecule has 2 aliphatic rings. The molecule has 8 nitrogen and oxygen atoms in total. The average molecular weight is 368 g/mol. The number of nitrogens with zero attached hydrogens (tertiary/aromatic N) is 3. The Morgan fingerprint density at radius 1 is 1.26 bits per heavy atom. The summed E-state index contributed by atoms with van der Waals surface area (Å²) in [4.78, 5) is 19.7. The number of nitro benzene ring substituents is 1. The Morgan fingerprint density at radius 3 is 2.81 bits per heavy atom. The molecule has 2 heterocycles. The van der Waals surface area contributed by atoms with Crippen molar-refractivity contribution in [2.75, 3.05) is 11.9 Å². The summed E-state index contributed by atoms with van der Waals surface area (Å²) in [7, 11) is 0. The maximum absolute atomic E-state index is 10.9. The zero-order chi connectivity index (χ0) is 18.8. The fraction of sp³-hybridized carbons (Fsp3) is 0.474. The quantitative estimate of drug-likeness (QED) is 0.550. The van der Waals surface area contributed by atoms with E-state index in [1.165, 1.54) is 12.1 Å². The zero-order valence-electron chi connectivity index (χ0n) is 15.3. The van der Waals surface area contributed by atoms with Crippen LogP contribution in [0, 0.1) is 16.0 Å². The van der Waals surface area contributed by atoms with Crippen LogP contribution >= 0.6 is 0 Å². The number of hydrogen-bond donors (Lipinski definition) is 3. The van der Waals surface area contributed by atoms with Crippen molar-refractivity contribution >= 4 is 11.5 Å². The molecule has 0 amide bonds. The standard InChI is InChI=1S/C19H24N6O2/c1-2-14-10-18(21-15-5-8-17-13(9-15)11-20-24-17)23-19(22-14)12-3-6-16(7-4-12)25(26)27/h3-4,6-7,10,13,15,17,20,24H,2,5,8-9,11H2,1H3,(H,21,22,23). The number of aryl methyl sites for hydroxylation is 1. The van der Waals surface area contributed by atoms with Crippen LogP contribution < -0.4 is 16.2 Å². The van der Waals surface area contributed by atoms with Crippen LogP contribution in [0.15, 0.2) is 30.3 Å². The van der Waals surface area contributed by atoms with E-state index in [0.29, 0.717) is 23.8 Å². The Kier molecular flexibility index (Phi) is 5.00. The first-order valence-electron chi connectivity index (χ1n) is 9.50. The van der Waals surface area contributed by atoms with Crippen molar-refractivity contribution in [3.8, 4) is 11.4 Å². The van der Waals surface area contributed by atoms with Crippen LogP contribution in [0.25, 0.3) is 11.4 Å². The van der Waals surface area contributed by atoms with Gasteiger partial charge in [-0.05, 0) is 43.7 Å². The van der Waals surface area contributed by atoms with Crippen molar-refractivity contribution in [3.05, 3.63) is 46.1 Å². The van der Waals surface area contributed by atoms with Gasteiger partial charge < -0.3 is 5.32 Å². The molecule has 1 aliphatic heterocycles. The highest BCUT2D eigenvalue weighted by Crippen LogP contribution is 2.29. The molecule has 142 valence electrons. The fourth-order valence-corrected chi connectivity index (χ4v) is 3.95. The third-order valence-electron chi connectivity index (χ3n) is 5.46. The minimum Gasteiger partial charge on any atom is -0.367 e. The summed E-state index contributed by atoms with van der Waals surface area (Å²) in [6.45, 7) is 3.08. The number of anilines is 1. The number of nitro groups is 1. The largest absolute Gasteiger partial charge is 0.367 e. The van der Waals surface area contributed by atoms with Crippen molar-refractivity contribution in [2.24, 2.45) is 5.92 Å². The summed E-state index contributed by atoms with van der Waals surface area (Å²) in [6.07, 6.45) is 4.17. The summed E-state index contributed by atoms with van der Waals surface area (Å²) in [6, 6.07) is 9.38. The van der Waals surface area contributed by atoms with Gasteiger partial charge in [-0.25, -0.2) is 9.97 Å². The van der Waals surface area contributed by atoms with Gasteiger partial charge in [-0.15, -0.1) is 0 Å². The van der Waals surface area contributed by atoms with Gasteiger partial charge in [0.15, 0.2) is 5.82 Å². The minimum atomic E-state index is -0.400. The molecular weight excluding hydrogens is 344 g/mol. The van der Waals surface area contributed by atoms with Crippen molar-refractivity contribution < 1.29 is 4.92 Å². The molecule has 1 aromatic carbocycles. The number of nitrogens with one attached hydrogen (secondary N) is 3. The number of rotatable bonds is 5. The van der Waals surface area contributed by atoms with Crippen LogP contribution in [-0.4, -0.2) is 33.5 Å². The minimum absolute atomic E-state index is 0.0688. The molecule has 0 radical (unpaired) electrons. The zero-order valence-corrected chi connectivity index (χ0v) is 15.3. The van der Waals surface area contributed by atoms with Crippen molar-refractivity contribution in [3.63, 3.8) is 0 Å². The van der Waals surface area contributed by atoms with Crippen LogP contribution in [0.3, 0.4) is 0 Å². The van der Waals surface area contributed by atoms with E-state index in [9.17, 15) is 10.1 Å². The van der Waals surface area contributed by atoms with E-state index in [-0.39, 0.29) is 5.69 Å². The fourth-order valence-electron chi connectivity index (χ4n) is 3.95. The van der Waals surface area contributed by atoms with Crippen molar-refractivity contribution in [1.82, 2.24) is 20.8 Å². The first-order chi connectivity index (χ1) is 13.1. The number of benzene rings is 1. The average Bonchev–Trinajstić information content (AvgIpc) is 3.15. The lowest BCUT2D eigenvalue weighted by Crippen LogP contribution is -2.39. The highest BCUT2D eigenvalue weighted by atomic mass is 16.6. The summed E-state index contributed by atoms with van der Waals surface area (Å²) in [5.74, 6) is 2.08. The third-order valence-corrected chi connectivity index (χ3v) is 5.46. The van der Waals surface area contributed by atoms with Gasteiger partial charge in [-0.2, -0.15) is 0 Å². The molecule has 27 heavy (non-hydrogen) atoms. The lowest BCUT2D eigenvalue weighted by molar-refractivity contribution is -0.384. The van der Waals surface area contributed by atoms with Gasteiger partial charge in [0, 0.05) is 48.1 Å². The number of non-ortho nitro benzene ring substituents is 1. The predicted molar refractivity (Wildman–Crippen MR) is 103 cm³/mol. The molecule has 4 rings (SSSR count). The smallest absolute Gasteiger partial charge is 0.269 e. The van der Waals surface area contributed by atoms with Gasteiger partial charge in [0.1, 0.15) is 5.82 Å². The Labute approximate surface area is 157 Å². The van der Waals surface area contributed by atoms with E-state index in [1.807, 2.05) is 6.07 Å². The second-order valence-corrected chi connectivity index (χ2v) is 7.27. The summed E-state index contributed by atoms with van der Waals surface area (Å²) in [5, 5.41) is 14.5. The molecule has 2 aromatic rings. The second-order valence-electron chi connectivity index (χ2n) is 7.27. The monoisotopic (exact) mass is 368 g/mol. The van der Waals surface area contributed by atoms with E-state index < -0.39 is 4.92 Å². The van der Waals surface area contributed by atoms with E-state index in [4.69, 9.17) is 0 Å². The van der Waals surface area contributed by atoms with Gasteiger partial charge in [0.25, 0.3) is 5.69 Å². The number of aromatic nitrogens is 2. The molecule has 8 heteroatoms. The molecule has 1 saturated carbocycles. The van der Waals surface area contributed by atoms with Gasteiger partial charge in [0.2, 0.25) is 0 Å². The molecule has 0 spiro atoms. The summed E-state index contributed by atoms with van der Waals surface area (Å²) in [5.41, 5.74) is 8.42. The van der Waals surface area contributed by atoms with E-state index >= 15 is 0 Å². The molecule has 2 fully saturated rings. The number of hydrazine groups is 1. The number of fused-ring (bicyclic) bond motifs is 1.